The fraction of sp³-hybridized carbons (Fsp3) is 1.00. The number of quaternary nitrogens is 1. The number of halogens is 2. The molecule has 0 rings (SSSR count). The summed E-state index contributed by atoms with van der Waals surface area (Å²) in [6.45, 7) is 8.30. The molecule has 0 spiro atoms. The second-order valence-corrected chi connectivity index (χ2v) is 10.9. The van der Waals surface area contributed by atoms with Crippen LogP contribution in [-0.2, 0) is 0 Å². The van der Waals surface area contributed by atoms with Crippen LogP contribution in [-0.4, -0.2) is 45.2 Å². The monoisotopic (exact) mass is 321 g/mol. The normalized spacial score (nSPS) is 12.5. The SMILES string of the molecule is C[N+](C)(CCCl)C[Si](C)(C)C.[I-]. The van der Waals surface area contributed by atoms with Gasteiger partial charge in [-0.25, -0.2) is 0 Å². The Morgan fingerprint density at radius 1 is 1.17 bits per heavy atom. The molecule has 0 fully saturated rings. The molecule has 0 aromatic heterocycles. The van der Waals surface area contributed by atoms with E-state index in [9.17, 15) is 0 Å². The van der Waals surface area contributed by atoms with Gasteiger partial charge in [0.25, 0.3) is 0 Å². The van der Waals surface area contributed by atoms with Gasteiger partial charge in [0.05, 0.1) is 32.7 Å². The van der Waals surface area contributed by atoms with Crippen molar-refractivity contribution in [2.75, 3.05) is 32.7 Å². The fourth-order valence-corrected chi connectivity index (χ4v) is 4.78. The van der Waals surface area contributed by atoms with Crippen LogP contribution in [0.5, 0.6) is 0 Å². The highest BCUT2D eigenvalue weighted by Gasteiger charge is 2.25. The molecule has 0 amide bonds. The van der Waals surface area contributed by atoms with E-state index < -0.39 is 8.07 Å². The lowest BCUT2D eigenvalue weighted by molar-refractivity contribution is -0.878. The molecule has 0 bridgehead atoms. The van der Waals surface area contributed by atoms with E-state index in [1.54, 1.807) is 0 Å². The molecule has 0 atom stereocenters. The molecule has 0 heterocycles. The number of hydrogen-bond acceptors (Lipinski definition) is 0. The van der Waals surface area contributed by atoms with Crippen LogP contribution >= 0.6 is 11.6 Å². The van der Waals surface area contributed by atoms with E-state index in [0.717, 1.165) is 16.9 Å². The zero-order chi connectivity index (χ0) is 9.12. The van der Waals surface area contributed by atoms with Crippen molar-refractivity contribution in [3.63, 3.8) is 0 Å². The van der Waals surface area contributed by atoms with Crippen molar-refractivity contribution in [3.8, 4) is 0 Å². The number of nitrogens with zero attached hydrogens (tertiary/aromatic N) is 1. The third-order valence-electron chi connectivity index (χ3n) is 1.59. The van der Waals surface area contributed by atoms with E-state index in [1.165, 1.54) is 6.17 Å². The molecule has 12 heavy (non-hydrogen) atoms. The predicted octanol–water partition coefficient (Wildman–Crippen LogP) is -0.817. The van der Waals surface area contributed by atoms with Gasteiger partial charge < -0.3 is 28.5 Å². The molecule has 0 radical (unpaired) electrons. The van der Waals surface area contributed by atoms with Crippen LogP contribution in [0.2, 0.25) is 19.6 Å². The minimum Gasteiger partial charge on any atom is -1.00 e. The first-order valence-electron chi connectivity index (χ1n) is 4.15. The quantitative estimate of drug-likeness (QED) is 0.275. The van der Waals surface area contributed by atoms with Gasteiger partial charge in [0.15, 0.2) is 0 Å². The van der Waals surface area contributed by atoms with E-state index in [-0.39, 0.29) is 24.0 Å². The summed E-state index contributed by atoms with van der Waals surface area (Å²) >= 11 is 5.71. The van der Waals surface area contributed by atoms with Crippen LogP contribution in [0.15, 0.2) is 0 Å². The first-order valence-corrected chi connectivity index (χ1v) is 8.39. The van der Waals surface area contributed by atoms with Crippen molar-refractivity contribution < 1.29 is 28.5 Å². The molecule has 0 aliphatic heterocycles. The van der Waals surface area contributed by atoms with Gasteiger partial charge in [-0.1, -0.05) is 19.6 Å². The fourth-order valence-electron chi connectivity index (χ4n) is 1.59. The Morgan fingerprint density at radius 2 is 1.58 bits per heavy atom. The maximum atomic E-state index is 5.71. The predicted molar refractivity (Wildman–Crippen MR) is 55.9 cm³/mol. The summed E-state index contributed by atoms with van der Waals surface area (Å²) in [5, 5.41) is 0. The molecule has 0 saturated carbocycles. The van der Waals surface area contributed by atoms with E-state index in [1.807, 2.05) is 0 Å². The average Bonchev–Trinajstić information content (AvgIpc) is 1.55. The molecule has 0 aliphatic carbocycles. The van der Waals surface area contributed by atoms with Gasteiger partial charge >= 0.3 is 0 Å². The van der Waals surface area contributed by atoms with Crippen molar-refractivity contribution >= 4 is 19.7 Å². The Hall–Kier alpha value is 1.20. The summed E-state index contributed by atoms with van der Waals surface area (Å²) in [5.74, 6) is 0.775. The highest BCUT2D eigenvalue weighted by Crippen LogP contribution is 2.08. The summed E-state index contributed by atoms with van der Waals surface area (Å²) in [6.07, 6.45) is 1.32. The van der Waals surface area contributed by atoms with Crippen LogP contribution < -0.4 is 24.0 Å². The topological polar surface area (TPSA) is 0 Å². The Bertz CT molecular complexity index is 123. The molecule has 0 aromatic carbocycles. The smallest absolute Gasteiger partial charge is 0.110 e. The highest BCUT2D eigenvalue weighted by atomic mass is 127. The Balaban J connectivity index is 0. The second kappa shape index (κ2) is 5.83. The lowest BCUT2D eigenvalue weighted by atomic mass is 10.6. The Labute approximate surface area is 100 Å². The van der Waals surface area contributed by atoms with Crippen LogP contribution in [0.3, 0.4) is 0 Å². The first kappa shape index (κ1) is 15.7. The minimum absolute atomic E-state index is 0. The molecule has 0 unspecified atom stereocenters. The van der Waals surface area contributed by atoms with Crippen LogP contribution in [0.1, 0.15) is 0 Å². The Kier molecular flexibility index (Phi) is 7.61. The molecule has 0 saturated heterocycles. The Morgan fingerprint density at radius 3 is 1.83 bits per heavy atom. The first-order chi connectivity index (χ1) is 4.77. The number of alkyl halides is 1. The number of rotatable bonds is 4. The largest absolute Gasteiger partial charge is 1.00 e. The van der Waals surface area contributed by atoms with Gasteiger partial charge in [0.2, 0.25) is 0 Å². The summed E-state index contributed by atoms with van der Waals surface area (Å²) in [5.41, 5.74) is 0. The standard InChI is InChI=1S/C8H21ClNSi.HI/c1-10(2,7-6-9)8-11(3,4)5;/h6-8H2,1-5H3;1H/q+1;/p-1. The van der Waals surface area contributed by atoms with Crippen LogP contribution in [0.4, 0.5) is 0 Å². The summed E-state index contributed by atoms with van der Waals surface area (Å²) in [6, 6.07) is 0. The second-order valence-electron chi connectivity index (χ2n) is 5.07. The number of hydrogen-bond donors (Lipinski definition) is 0. The maximum absolute atomic E-state index is 5.71. The van der Waals surface area contributed by atoms with Gasteiger partial charge in [0.1, 0.15) is 8.07 Å². The van der Waals surface area contributed by atoms with Crippen molar-refractivity contribution in [3.05, 3.63) is 0 Å². The summed E-state index contributed by atoms with van der Waals surface area (Å²) in [7, 11) is 3.61. The molecular weight excluding hydrogens is 301 g/mol. The van der Waals surface area contributed by atoms with Crippen molar-refractivity contribution in [2.45, 2.75) is 19.6 Å². The van der Waals surface area contributed by atoms with E-state index in [4.69, 9.17) is 11.6 Å². The summed E-state index contributed by atoms with van der Waals surface area (Å²) < 4.78 is 1.08. The highest BCUT2D eigenvalue weighted by molar-refractivity contribution is 6.75. The van der Waals surface area contributed by atoms with E-state index in [2.05, 4.69) is 33.7 Å². The zero-order valence-electron chi connectivity index (χ0n) is 8.82. The molecule has 76 valence electrons. The lowest BCUT2D eigenvalue weighted by Crippen LogP contribution is -3.00. The van der Waals surface area contributed by atoms with Gasteiger partial charge in [-0.3, -0.25) is 0 Å². The zero-order valence-corrected chi connectivity index (χ0v) is 12.7. The molecule has 0 N–H and O–H groups in total. The van der Waals surface area contributed by atoms with Crippen LogP contribution in [0.25, 0.3) is 0 Å². The van der Waals surface area contributed by atoms with Crippen molar-refractivity contribution in [1.82, 2.24) is 0 Å². The van der Waals surface area contributed by atoms with Crippen LogP contribution in [0, 0.1) is 0 Å². The van der Waals surface area contributed by atoms with Crippen molar-refractivity contribution in [2.24, 2.45) is 0 Å². The lowest BCUT2D eigenvalue weighted by Gasteiger charge is -2.34. The van der Waals surface area contributed by atoms with E-state index >= 15 is 0 Å². The maximum Gasteiger partial charge on any atom is 0.110 e. The minimum atomic E-state index is -0.916. The molecule has 0 aromatic rings. The third-order valence-corrected chi connectivity index (χ3v) is 3.57. The molecule has 4 heteroatoms. The third kappa shape index (κ3) is 9.29. The summed E-state index contributed by atoms with van der Waals surface area (Å²) in [4.78, 5) is 0. The van der Waals surface area contributed by atoms with Gasteiger partial charge in [-0.15, -0.1) is 11.6 Å². The molecule has 0 aliphatic rings. The molecule has 1 nitrogen and oxygen atoms in total. The van der Waals surface area contributed by atoms with E-state index in [0.29, 0.717) is 0 Å². The van der Waals surface area contributed by atoms with Gasteiger partial charge in [-0.05, 0) is 0 Å². The van der Waals surface area contributed by atoms with Gasteiger partial charge in [0, 0.05) is 0 Å². The average molecular weight is 322 g/mol. The van der Waals surface area contributed by atoms with Crippen molar-refractivity contribution in [1.29, 1.82) is 0 Å². The molecular formula is C8H21ClINSi. The van der Waals surface area contributed by atoms with Gasteiger partial charge in [-0.2, -0.15) is 0 Å².